The first-order valence-electron chi connectivity index (χ1n) is 12.9. The third kappa shape index (κ3) is 6.28. The van der Waals surface area contributed by atoms with Crippen LogP contribution in [0.25, 0.3) is 11.2 Å². The molecule has 4 rings (SSSR count). The molecule has 1 fully saturated rings. The summed E-state index contributed by atoms with van der Waals surface area (Å²) >= 11 is 0. The van der Waals surface area contributed by atoms with E-state index in [9.17, 15) is 14.7 Å². The monoisotopic (exact) mass is 511 g/mol. The molecule has 37 heavy (non-hydrogen) atoms. The summed E-state index contributed by atoms with van der Waals surface area (Å²) in [6.07, 6.45) is 2.62. The van der Waals surface area contributed by atoms with Crippen molar-refractivity contribution in [3.63, 3.8) is 0 Å². The number of hydrogen-bond donors (Lipinski definition) is 3. The van der Waals surface area contributed by atoms with Gasteiger partial charge >= 0.3 is 17.7 Å². The van der Waals surface area contributed by atoms with Gasteiger partial charge in [0.05, 0.1) is 12.5 Å². The number of aromatic nitrogens is 4. The number of benzene rings is 1. The number of carbonyl (C=O) groups is 1. The first kappa shape index (κ1) is 26.6. The third-order valence-electron chi connectivity index (χ3n) is 6.98. The highest BCUT2D eigenvalue weighted by atomic mass is 16.5. The van der Waals surface area contributed by atoms with Crippen LogP contribution in [0, 0.1) is 0 Å². The number of nitrogen functional groups attached to an aromatic ring is 1. The van der Waals surface area contributed by atoms with E-state index < -0.39 is 11.9 Å². The molecule has 11 heteroatoms. The third-order valence-corrected chi connectivity index (χ3v) is 6.98. The zero-order chi connectivity index (χ0) is 26.5. The molecule has 0 saturated carbocycles. The highest BCUT2D eigenvalue weighted by Crippen LogP contribution is 2.21. The fourth-order valence-electron chi connectivity index (χ4n) is 4.62. The van der Waals surface area contributed by atoms with Crippen molar-refractivity contribution < 1.29 is 14.6 Å². The number of nitrogens with zero attached hydrogens (tertiary/aromatic N) is 5. The number of rotatable bonds is 13. The number of nitrogens with one attached hydrogen (secondary N) is 1. The molecule has 2 aromatic heterocycles. The van der Waals surface area contributed by atoms with Crippen LogP contribution in [0.5, 0.6) is 6.01 Å². The molecular formula is C26H37N7O4. The van der Waals surface area contributed by atoms with Gasteiger partial charge in [-0.25, -0.2) is 4.79 Å². The van der Waals surface area contributed by atoms with Crippen LogP contribution < -0.4 is 16.2 Å². The van der Waals surface area contributed by atoms with Gasteiger partial charge in [0.25, 0.3) is 0 Å². The fourth-order valence-corrected chi connectivity index (χ4v) is 4.62. The van der Waals surface area contributed by atoms with E-state index >= 15 is 0 Å². The number of hydrogen-bond acceptors (Lipinski definition) is 8. The van der Waals surface area contributed by atoms with Crippen molar-refractivity contribution in [2.24, 2.45) is 0 Å². The minimum atomic E-state index is -0.828. The van der Waals surface area contributed by atoms with Gasteiger partial charge < -0.3 is 25.5 Å². The van der Waals surface area contributed by atoms with E-state index in [1.165, 1.54) is 0 Å². The fraction of sp³-hybridized carbons (Fsp3) is 0.538. The Morgan fingerprint density at radius 1 is 1.27 bits per heavy atom. The van der Waals surface area contributed by atoms with Crippen LogP contribution in [0.1, 0.15) is 50.2 Å². The molecule has 0 spiro atoms. The number of likely N-dealkylation sites (N-methyl/N-ethyl adjacent to an activating group) is 1. The molecule has 0 amide bonds. The molecule has 4 N–H and O–H groups in total. The van der Waals surface area contributed by atoms with Gasteiger partial charge in [0.15, 0.2) is 11.5 Å². The second-order valence-electron chi connectivity index (χ2n) is 9.87. The van der Waals surface area contributed by atoms with Crippen LogP contribution in [-0.4, -0.2) is 79.7 Å². The lowest BCUT2D eigenvalue weighted by molar-refractivity contribution is -0.138. The molecule has 0 bridgehead atoms. The maximum Gasteiger partial charge on any atom is 0.327 e. The Hall–Kier alpha value is -3.44. The Balaban J connectivity index is 1.44. The van der Waals surface area contributed by atoms with Crippen LogP contribution >= 0.6 is 0 Å². The lowest BCUT2D eigenvalue weighted by atomic mass is 9.99. The lowest BCUT2D eigenvalue weighted by Gasteiger charge is -2.44. The van der Waals surface area contributed by atoms with Crippen molar-refractivity contribution in [2.75, 3.05) is 39.0 Å². The van der Waals surface area contributed by atoms with Crippen LogP contribution in [0.3, 0.4) is 0 Å². The average Bonchev–Trinajstić information content (AvgIpc) is 3.17. The summed E-state index contributed by atoms with van der Waals surface area (Å²) in [5.41, 5.74) is 8.63. The molecule has 3 aromatic rings. The van der Waals surface area contributed by atoms with Gasteiger partial charge in [0, 0.05) is 38.8 Å². The normalized spacial score (nSPS) is 15.2. The Labute approximate surface area is 216 Å². The van der Waals surface area contributed by atoms with E-state index in [0.717, 1.165) is 56.6 Å². The summed E-state index contributed by atoms with van der Waals surface area (Å²) in [6.45, 7) is 8.28. The SMILES string of the molecule is CCCCOc1nc(N)c2[nH]c(=O)n(CCCN(Cc3ccc(C(C)C(=O)O)cc3)C3CN(C)C3)c2n1. The lowest BCUT2D eigenvalue weighted by Crippen LogP contribution is -2.57. The molecule has 0 radical (unpaired) electrons. The van der Waals surface area contributed by atoms with E-state index in [2.05, 4.69) is 38.7 Å². The minimum Gasteiger partial charge on any atom is -0.481 e. The number of likely N-dealkylation sites (tertiary alicyclic amines) is 1. The number of carboxylic acids is 1. The van der Waals surface area contributed by atoms with Gasteiger partial charge in [-0.1, -0.05) is 37.6 Å². The number of H-pyrrole nitrogens is 1. The molecule has 1 saturated heterocycles. The van der Waals surface area contributed by atoms with Crippen LogP contribution in [0.15, 0.2) is 29.1 Å². The molecule has 1 aliphatic rings. The predicted octanol–water partition coefficient (Wildman–Crippen LogP) is 2.28. The van der Waals surface area contributed by atoms with Gasteiger partial charge in [0.1, 0.15) is 5.52 Å². The summed E-state index contributed by atoms with van der Waals surface area (Å²) in [4.78, 5) is 40.1. The van der Waals surface area contributed by atoms with Crippen molar-refractivity contribution in [2.45, 2.75) is 58.2 Å². The zero-order valence-corrected chi connectivity index (χ0v) is 21.8. The predicted molar refractivity (Wildman–Crippen MR) is 142 cm³/mol. The Bertz CT molecular complexity index is 1260. The van der Waals surface area contributed by atoms with E-state index in [1.807, 2.05) is 24.3 Å². The maximum absolute atomic E-state index is 12.7. The number of anilines is 1. The standard InChI is InChI=1S/C26H37N7O4/c1-4-5-13-37-25-29-22(27)21-23(30-25)33(26(36)28-21)12-6-11-32(20-15-31(3)16-20)14-18-7-9-19(10-8-18)17(2)24(34)35/h7-10,17,20H,4-6,11-16H2,1-3H3,(H,28,36)(H,34,35)(H2,27,29,30). The van der Waals surface area contributed by atoms with Gasteiger partial charge in [-0.05, 0) is 37.9 Å². The maximum atomic E-state index is 12.7. The average molecular weight is 512 g/mol. The number of ether oxygens (including phenoxy) is 1. The molecule has 1 atom stereocenters. The zero-order valence-electron chi connectivity index (χ0n) is 21.8. The van der Waals surface area contributed by atoms with Gasteiger partial charge in [-0.3, -0.25) is 14.3 Å². The summed E-state index contributed by atoms with van der Waals surface area (Å²) < 4.78 is 7.24. The number of carboxylic acid groups (broad SMARTS) is 1. The molecule has 200 valence electrons. The smallest absolute Gasteiger partial charge is 0.327 e. The van der Waals surface area contributed by atoms with E-state index in [4.69, 9.17) is 10.5 Å². The van der Waals surface area contributed by atoms with E-state index in [-0.39, 0.29) is 17.5 Å². The first-order chi connectivity index (χ1) is 17.8. The first-order valence-corrected chi connectivity index (χ1v) is 12.9. The quantitative estimate of drug-likeness (QED) is 0.295. The van der Waals surface area contributed by atoms with Crippen molar-refractivity contribution in [3.05, 3.63) is 45.9 Å². The van der Waals surface area contributed by atoms with Crippen LogP contribution in [0.2, 0.25) is 0 Å². The minimum absolute atomic E-state index is 0.186. The van der Waals surface area contributed by atoms with Crippen molar-refractivity contribution >= 4 is 23.0 Å². The molecule has 0 aliphatic carbocycles. The number of fused-ring (bicyclic) bond motifs is 1. The molecule has 3 heterocycles. The number of aryl methyl sites for hydroxylation is 1. The van der Waals surface area contributed by atoms with Crippen LogP contribution in [-0.2, 0) is 17.9 Å². The Morgan fingerprint density at radius 2 is 2.00 bits per heavy atom. The second-order valence-corrected chi connectivity index (χ2v) is 9.87. The number of aromatic amines is 1. The van der Waals surface area contributed by atoms with E-state index in [1.54, 1.807) is 11.5 Å². The Morgan fingerprint density at radius 3 is 2.65 bits per heavy atom. The Kier molecular flexibility index (Phi) is 8.45. The highest BCUT2D eigenvalue weighted by Gasteiger charge is 2.29. The van der Waals surface area contributed by atoms with Gasteiger partial charge in [0.2, 0.25) is 0 Å². The number of unbranched alkanes of at least 4 members (excludes halogenated alkanes) is 1. The highest BCUT2D eigenvalue weighted by molar-refractivity contribution is 5.81. The molecule has 1 unspecified atom stereocenters. The summed E-state index contributed by atoms with van der Waals surface area (Å²) in [6, 6.07) is 8.43. The van der Waals surface area contributed by atoms with Gasteiger partial charge in [-0.15, -0.1) is 0 Å². The molecular weight excluding hydrogens is 474 g/mol. The molecule has 11 nitrogen and oxygen atoms in total. The van der Waals surface area contributed by atoms with E-state index in [0.29, 0.717) is 30.4 Å². The van der Waals surface area contributed by atoms with Crippen molar-refractivity contribution in [1.82, 2.24) is 29.3 Å². The molecule has 1 aromatic carbocycles. The topological polar surface area (TPSA) is 143 Å². The second kappa shape index (κ2) is 11.7. The summed E-state index contributed by atoms with van der Waals surface area (Å²) in [5, 5.41) is 9.27. The summed E-state index contributed by atoms with van der Waals surface area (Å²) in [7, 11) is 2.10. The van der Waals surface area contributed by atoms with Crippen LogP contribution in [0.4, 0.5) is 5.82 Å². The van der Waals surface area contributed by atoms with Crippen molar-refractivity contribution in [1.29, 1.82) is 0 Å². The van der Waals surface area contributed by atoms with Gasteiger partial charge in [-0.2, -0.15) is 9.97 Å². The summed E-state index contributed by atoms with van der Waals surface area (Å²) in [5.74, 6) is -1.16. The largest absolute Gasteiger partial charge is 0.481 e. The number of aliphatic carboxylic acids is 1. The number of nitrogens with two attached hydrogens (primary N) is 1. The number of imidazole rings is 1. The van der Waals surface area contributed by atoms with Crippen molar-refractivity contribution in [3.8, 4) is 6.01 Å². The molecule has 1 aliphatic heterocycles.